The maximum Gasteiger partial charge on any atom is 0.170 e. The molecule has 0 aromatic carbocycles. The zero-order chi connectivity index (χ0) is 15.4. The molecule has 2 unspecified atom stereocenters. The third kappa shape index (κ3) is 3.92. The van der Waals surface area contributed by atoms with E-state index in [2.05, 4.69) is 31.1 Å². The summed E-state index contributed by atoms with van der Waals surface area (Å²) in [6, 6.07) is 2.07. The number of anilines is 1. The number of hydrogen-bond acceptors (Lipinski definition) is 4. The number of ether oxygens (including phenoxy) is 1. The fourth-order valence-electron chi connectivity index (χ4n) is 2.68. The second kappa shape index (κ2) is 7.18. The number of pyridine rings is 1. The Labute approximate surface area is 126 Å². The largest absolute Gasteiger partial charge is 0.379 e. The van der Waals surface area contributed by atoms with Gasteiger partial charge in [0.1, 0.15) is 0 Å². The molecule has 1 aliphatic rings. The predicted molar refractivity (Wildman–Crippen MR) is 83.0 cm³/mol. The Bertz CT molecular complexity index is 467. The highest BCUT2D eigenvalue weighted by molar-refractivity contribution is 5.43. The third-order valence-electron chi connectivity index (χ3n) is 4.14. The van der Waals surface area contributed by atoms with E-state index in [4.69, 9.17) is 4.74 Å². The van der Waals surface area contributed by atoms with Gasteiger partial charge in [-0.3, -0.25) is 0 Å². The van der Waals surface area contributed by atoms with Crippen molar-refractivity contribution < 1.29 is 9.13 Å². The second-order valence-corrected chi connectivity index (χ2v) is 6.13. The lowest BCUT2D eigenvalue weighted by Crippen LogP contribution is -2.44. The molecule has 1 fully saturated rings. The van der Waals surface area contributed by atoms with E-state index in [1.54, 1.807) is 19.4 Å². The van der Waals surface area contributed by atoms with E-state index in [9.17, 15) is 4.39 Å². The lowest BCUT2D eigenvalue weighted by Gasteiger charge is -2.37. The van der Waals surface area contributed by atoms with E-state index in [1.165, 1.54) is 0 Å². The predicted octanol–water partition coefficient (Wildman–Crippen LogP) is 2.58. The fourth-order valence-corrected chi connectivity index (χ4v) is 2.68. The van der Waals surface area contributed by atoms with Gasteiger partial charge in [-0.05, 0) is 18.4 Å². The van der Waals surface area contributed by atoms with Crippen LogP contribution in [0.5, 0.6) is 0 Å². The highest BCUT2D eigenvalue weighted by Gasteiger charge is 2.28. The summed E-state index contributed by atoms with van der Waals surface area (Å²) < 4.78 is 20.2. The van der Waals surface area contributed by atoms with Crippen LogP contribution in [0.15, 0.2) is 12.3 Å². The summed E-state index contributed by atoms with van der Waals surface area (Å²) in [4.78, 5) is 6.25. The fraction of sp³-hybridized carbons (Fsp3) is 0.688. The normalized spacial score (nSPS) is 22.9. The molecule has 118 valence electrons. The van der Waals surface area contributed by atoms with E-state index >= 15 is 0 Å². The molecular formula is C16H26FN3O. The van der Waals surface area contributed by atoms with Crippen molar-refractivity contribution in [1.29, 1.82) is 0 Å². The molecule has 0 bridgehead atoms. The Morgan fingerprint density at radius 2 is 2.29 bits per heavy atom. The molecule has 0 aliphatic carbocycles. The molecule has 4 nitrogen and oxygen atoms in total. The van der Waals surface area contributed by atoms with Crippen molar-refractivity contribution in [3.8, 4) is 0 Å². The van der Waals surface area contributed by atoms with Crippen molar-refractivity contribution in [3.63, 3.8) is 0 Å². The zero-order valence-corrected chi connectivity index (χ0v) is 13.4. The number of nitrogens with one attached hydrogen (secondary N) is 1. The summed E-state index contributed by atoms with van der Waals surface area (Å²) in [6.07, 6.45) is 2.82. The van der Waals surface area contributed by atoms with Crippen LogP contribution in [-0.2, 0) is 11.3 Å². The minimum absolute atomic E-state index is 0.136. The molecule has 1 aliphatic heterocycles. The number of rotatable bonds is 5. The zero-order valence-electron chi connectivity index (χ0n) is 13.4. The van der Waals surface area contributed by atoms with E-state index in [0.717, 1.165) is 13.0 Å². The van der Waals surface area contributed by atoms with E-state index in [1.807, 2.05) is 4.90 Å². The molecule has 0 amide bonds. The van der Waals surface area contributed by atoms with Gasteiger partial charge in [0.15, 0.2) is 11.6 Å². The molecule has 5 heteroatoms. The maximum atomic E-state index is 14.7. The Hall–Kier alpha value is -1.20. The molecular weight excluding hydrogens is 269 g/mol. The quantitative estimate of drug-likeness (QED) is 0.906. The standard InChI is InChI=1S/C16H26FN3O/c1-11(2)19-9-13-5-7-18-16(15(13)17)20-8-6-12(3)14(10-20)21-4/h5,7,11-12,14,19H,6,8-10H2,1-4H3. The number of aromatic nitrogens is 1. The average Bonchev–Trinajstić information content (AvgIpc) is 2.47. The van der Waals surface area contributed by atoms with E-state index in [0.29, 0.717) is 36.4 Å². The molecule has 21 heavy (non-hydrogen) atoms. The van der Waals surface area contributed by atoms with Gasteiger partial charge in [0, 0.05) is 44.5 Å². The maximum absolute atomic E-state index is 14.7. The van der Waals surface area contributed by atoms with Gasteiger partial charge in [-0.2, -0.15) is 0 Å². The minimum atomic E-state index is -0.213. The van der Waals surface area contributed by atoms with E-state index < -0.39 is 0 Å². The summed E-state index contributed by atoms with van der Waals surface area (Å²) in [5, 5.41) is 3.25. The number of piperidine rings is 1. The van der Waals surface area contributed by atoms with Gasteiger partial charge in [0.2, 0.25) is 0 Å². The van der Waals surface area contributed by atoms with Gasteiger partial charge in [0.05, 0.1) is 6.10 Å². The van der Waals surface area contributed by atoms with Crippen LogP contribution in [0, 0.1) is 11.7 Å². The first-order valence-electron chi connectivity index (χ1n) is 7.67. The van der Waals surface area contributed by atoms with Crippen molar-refractivity contribution >= 4 is 5.82 Å². The molecule has 1 aromatic heterocycles. The first-order chi connectivity index (χ1) is 10.0. The van der Waals surface area contributed by atoms with Crippen LogP contribution in [0.2, 0.25) is 0 Å². The van der Waals surface area contributed by atoms with Crippen LogP contribution in [0.3, 0.4) is 0 Å². The van der Waals surface area contributed by atoms with Gasteiger partial charge in [-0.15, -0.1) is 0 Å². The Morgan fingerprint density at radius 3 is 2.95 bits per heavy atom. The lowest BCUT2D eigenvalue weighted by atomic mass is 9.96. The van der Waals surface area contributed by atoms with Crippen LogP contribution in [0.4, 0.5) is 10.2 Å². The summed E-state index contributed by atoms with van der Waals surface area (Å²) in [5.74, 6) is 0.738. The average molecular weight is 295 g/mol. The van der Waals surface area contributed by atoms with Crippen molar-refractivity contribution in [2.75, 3.05) is 25.1 Å². The van der Waals surface area contributed by atoms with Crippen molar-refractivity contribution in [2.45, 2.75) is 45.9 Å². The Balaban J connectivity index is 2.14. The van der Waals surface area contributed by atoms with Crippen molar-refractivity contribution in [3.05, 3.63) is 23.6 Å². The minimum Gasteiger partial charge on any atom is -0.379 e. The SMILES string of the molecule is COC1CN(c2nccc(CNC(C)C)c2F)CCC1C. The monoisotopic (exact) mass is 295 g/mol. The molecule has 0 saturated carbocycles. The summed E-state index contributed by atoms with van der Waals surface area (Å²) >= 11 is 0. The van der Waals surface area contributed by atoms with Gasteiger partial charge >= 0.3 is 0 Å². The van der Waals surface area contributed by atoms with Gasteiger partial charge in [-0.25, -0.2) is 9.37 Å². The van der Waals surface area contributed by atoms with Gasteiger partial charge < -0.3 is 15.0 Å². The molecule has 1 aromatic rings. The van der Waals surface area contributed by atoms with Crippen LogP contribution < -0.4 is 10.2 Å². The molecule has 2 atom stereocenters. The first-order valence-corrected chi connectivity index (χ1v) is 7.67. The van der Waals surface area contributed by atoms with Crippen LogP contribution >= 0.6 is 0 Å². The molecule has 2 rings (SSSR count). The Morgan fingerprint density at radius 1 is 1.52 bits per heavy atom. The summed E-state index contributed by atoms with van der Waals surface area (Å²) in [7, 11) is 1.72. The highest BCUT2D eigenvalue weighted by Crippen LogP contribution is 2.26. The number of methoxy groups -OCH3 is 1. The molecule has 1 saturated heterocycles. The molecule has 1 N–H and O–H groups in total. The molecule has 0 spiro atoms. The molecule has 2 heterocycles. The first kappa shape index (κ1) is 16.2. The van der Waals surface area contributed by atoms with Gasteiger partial charge in [0.25, 0.3) is 0 Å². The number of nitrogens with zero attached hydrogens (tertiary/aromatic N) is 2. The topological polar surface area (TPSA) is 37.4 Å². The van der Waals surface area contributed by atoms with Crippen LogP contribution in [-0.4, -0.2) is 37.3 Å². The summed E-state index contributed by atoms with van der Waals surface area (Å²) in [6.45, 7) is 8.33. The lowest BCUT2D eigenvalue weighted by molar-refractivity contribution is 0.0494. The highest BCUT2D eigenvalue weighted by atomic mass is 19.1. The third-order valence-corrected chi connectivity index (χ3v) is 4.14. The Kier molecular flexibility index (Phi) is 5.53. The smallest absolute Gasteiger partial charge is 0.170 e. The van der Waals surface area contributed by atoms with Crippen molar-refractivity contribution in [2.24, 2.45) is 5.92 Å². The van der Waals surface area contributed by atoms with Crippen LogP contribution in [0.1, 0.15) is 32.8 Å². The van der Waals surface area contributed by atoms with Crippen molar-refractivity contribution in [1.82, 2.24) is 10.3 Å². The van der Waals surface area contributed by atoms with Crippen LogP contribution in [0.25, 0.3) is 0 Å². The van der Waals surface area contributed by atoms with E-state index in [-0.39, 0.29) is 11.9 Å². The number of hydrogen-bond donors (Lipinski definition) is 1. The summed E-state index contributed by atoms with van der Waals surface area (Å²) in [5.41, 5.74) is 0.668. The molecule has 0 radical (unpaired) electrons. The number of halogens is 1. The van der Waals surface area contributed by atoms with Gasteiger partial charge in [-0.1, -0.05) is 20.8 Å². The second-order valence-electron chi connectivity index (χ2n) is 6.13.